The van der Waals surface area contributed by atoms with E-state index in [2.05, 4.69) is 0 Å². The van der Waals surface area contributed by atoms with E-state index in [0.717, 1.165) is 17.0 Å². The van der Waals surface area contributed by atoms with Crippen molar-refractivity contribution in [3.05, 3.63) is 22.3 Å². The van der Waals surface area contributed by atoms with E-state index in [-0.39, 0.29) is 4.87 Å². The molecule has 0 saturated heterocycles. The molecule has 1 atom stereocenters. The van der Waals surface area contributed by atoms with E-state index in [4.69, 9.17) is 23.2 Å². The van der Waals surface area contributed by atoms with Crippen molar-refractivity contribution >= 4 is 23.2 Å². The molecule has 0 bridgehead atoms. The second-order valence-electron chi connectivity index (χ2n) is 3.38. The summed E-state index contributed by atoms with van der Waals surface area (Å²) in [5, 5.41) is 0.878. The average molecular weight is 191 g/mol. The maximum Gasteiger partial charge on any atom is 0.0641 e. The first-order valence-electron chi connectivity index (χ1n) is 3.66. The van der Waals surface area contributed by atoms with Gasteiger partial charge in [0.1, 0.15) is 0 Å². The second kappa shape index (κ2) is 2.84. The first-order chi connectivity index (χ1) is 4.92. The Bertz CT molecular complexity index is 234. The number of rotatable bonds is 0. The Morgan fingerprint density at radius 2 is 2.00 bits per heavy atom. The van der Waals surface area contributed by atoms with Gasteiger partial charge in [-0.05, 0) is 32.8 Å². The first kappa shape index (κ1) is 9.15. The van der Waals surface area contributed by atoms with Crippen LogP contribution in [0.2, 0.25) is 0 Å². The summed E-state index contributed by atoms with van der Waals surface area (Å²) >= 11 is 12.2. The minimum Gasteiger partial charge on any atom is -0.115 e. The highest BCUT2D eigenvalue weighted by atomic mass is 35.5. The zero-order valence-corrected chi connectivity index (χ0v) is 8.55. The van der Waals surface area contributed by atoms with Crippen molar-refractivity contribution in [3.8, 4) is 0 Å². The van der Waals surface area contributed by atoms with E-state index in [1.54, 1.807) is 0 Å². The lowest BCUT2D eigenvalue weighted by Gasteiger charge is -2.25. The van der Waals surface area contributed by atoms with E-state index < -0.39 is 0 Å². The molecule has 62 valence electrons. The number of alkyl halides is 1. The summed E-state index contributed by atoms with van der Waals surface area (Å²) in [4.78, 5) is -0.230. The van der Waals surface area contributed by atoms with Gasteiger partial charge in [0.15, 0.2) is 0 Å². The Labute approximate surface area is 77.9 Å². The van der Waals surface area contributed by atoms with Crippen molar-refractivity contribution in [1.29, 1.82) is 0 Å². The van der Waals surface area contributed by atoms with E-state index in [1.807, 2.05) is 26.8 Å². The summed E-state index contributed by atoms with van der Waals surface area (Å²) in [6, 6.07) is 0. The van der Waals surface area contributed by atoms with Gasteiger partial charge in [0.2, 0.25) is 0 Å². The van der Waals surface area contributed by atoms with Gasteiger partial charge < -0.3 is 0 Å². The van der Waals surface area contributed by atoms with Crippen LogP contribution in [0.5, 0.6) is 0 Å². The average Bonchev–Trinajstić information content (AvgIpc) is 1.81. The monoisotopic (exact) mass is 190 g/mol. The lowest BCUT2D eigenvalue weighted by atomic mass is 9.92. The Hall–Kier alpha value is 0.0600. The predicted molar refractivity (Wildman–Crippen MR) is 51.2 cm³/mol. The molecule has 0 N–H and O–H groups in total. The fraction of sp³-hybridized carbons (Fsp3) is 0.556. The molecule has 0 amide bonds. The van der Waals surface area contributed by atoms with Crippen molar-refractivity contribution in [2.24, 2.45) is 0 Å². The minimum atomic E-state index is -0.230. The van der Waals surface area contributed by atoms with Gasteiger partial charge >= 0.3 is 0 Å². The topological polar surface area (TPSA) is 0 Å². The SMILES string of the molecule is CC1=CC(C)(Cl)CC(C)=C1Cl. The molecule has 0 fully saturated rings. The van der Waals surface area contributed by atoms with Crippen LogP contribution in [-0.2, 0) is 0 Å². The van der Waals surface area contributed by atoms with Crippen molar-refractivity contribution < 1.29 is 0 Å². The Morgan fingerprint density at radius 1 is 1.45 bits per heavy atom. The molecule has 2 heteroatoms. The molecule has 0 nitrogen and oxygen atoms in total. The first-order valence-corrected chi connectivity index (χ1v) is 4.42. The van der Waals surface area contributed by atoms with Crippen LogP contribution in [0, 0.1) is 0 Å². The minimum absolute atomic E-state index is 0.230. The Balaban J connectivity index is 3.01. The van der Waals surface area contributed by atoms with Crippen LogP contribution in [-0.4, -0.2) is 4.87 Å². The number of halogens is 2. The molecule has 0 spiro atoms. The van der Waals surface area contributed by atoms with E-state index >= 15 is 0 Å². The second-order valence-corrected chi connectivity index (χ2v) is 4.62. The molecule has 0 radical (unpaired) electrons. The van der Waals surface area contributed by atoms with E-state index in [1.165, 1.54) is 5.57 Å². The molecular formula is C9H12Cl2. The number of hydrogen-bond acceptors (Lipinski definition) is 0. The molecule has 1 rings (SSSR count). The summed E-state index contributed by atoms with van der Waals surface area (Å²) in [6.07, 6.45) is 2.87. The summed E-state index contributed by atoms with van der Waals surface area (Å²) < 4.78 is 0. The fourth-order valence-corrected chi connectivity index (χ4v) is 1.98. The summed E-state index contributed by atoms with van der Waals surface area (Å²) in [5.74, 6) is 0. The van der Waals surface area contributed by atoms with Gasteiger partial charge in [-0.2, -0.15) is 0 Å². The van der Waals surface area contributed by atoms with Crippen LogP contribution in [0.3, 0.4) is 0 Å². The smallest absolute Gasteiger partial charge is 0.0641 e. The largest absolute Gasteiger partial charge is 0.115 e. The lowest BCUT2D eigenvalue weighted by molar-refractivity contribution is 0.739. The predicted octanol–water partition coefficient (Wildman–Crippen LogP) is 3.85. The Kier molecular flexibility index (Phi) is 2.36. The molecule has 0 heterocycles. The zero-order chi connectivity index (χ0) is 8.65. The van der Waals surface area contributed by atoms with Crippen molar-refractivity contribution in [1.82, 2.24) is 0 Å². The third kappa shape index (κ3) is 2.00. The highest BCUT2D eigenvalue weighted by molar-refractivity contribution is 6.33. The molecule has 11 heavy (non-hydrogen) atoms. The highest BCUT2D eigenvalue weighted by Crippen LogP contribution is 2.36. The van der Waals surface area contributed by atoms with Gasteiger partial charge in [-0.1, -0.05) is 23.3 Å². The standard InChI is InChI=1S/C9H12Cl2/c1-6-4-9(3,11)5-7(2)8(6)10/h4H,5H2,1-3H3. The summed E-state index contributed by atoms with van der Waals surface area (Å²) in [7, 11) is 0. The van der Waals surface area contributed by atoms with Crippen molar-refractivity contribution in [2.75, 3.05) is 0 Å². The maximum atomic E-state index is 6.16. The van der Waals surface area contributed by atoms with Gasteiger partial charge in [-0.3, -0.25) is 0 Å². The van der Waals surface area contributed by atoms with Gasteiger partial charge in [-0.15, -0.1) is 11.6 Å². The van der Waals surface area contributed by atoms with Crippen LogP contribution >= 0.6 is 23.2 Å². The molecule has 1 aliphatic rings. The molecule has 0 aromatic rings. The van der Waals surface area contributed by atoms with Crippen LogP contribution in [0.25, 0.3) is 0 Å². The van der Waals surface area contributed by atoms with Gasteiger partial charge in [0.25, 0.3) is 0 Å². The van der Waals surface area contributed by atoms with E-state index in [9.17, 15) is 0 Å². The van der Waals surface area contributed by atoms with Crippen LogP contribution in [0.15, 0.2) is 22.3 Å². The fourth-order valence-electron chi connectivity index (χ4n) is 1.50. The van der Waals surface area contributed by atoms with Crippen LogP contribution in [0.1, 0.15) is 27.2 Å². The molecule has 0 saturated carbocycles. The zero-order valence-electron chi connectivity index (χ0n) is 7.04. The van der Waals surface area contributed by atoms with Crippen molar-refractivity contribution in [3.63, 3.8) is 0 Å². The third-order valence-electron chi connectivity index (χ3n) is 1.85. The van der Waals surface area contributed by atoms with Gasteiger partial charge in [0, 0.05) is 5.03 Å². The third-order valence-corrected chi connectivity index (χ3v) is 2.71. The molecule has 0 aromatic carbocycles. The quantitative estimate of drug-likeness (QED) is 0.510. The summed E-state index contributed by atoms with van der Waals surface area (Å²) in [5.41, 5.74) is 2.28. The molecular weight excluding hydrogens is 179 g/mol. The number of hydrogen-bond donors (Lipinski definition) is 0. The highest BCUT2D eigenvalue weighted by Gasteiger charge is 2.24. The van der Waals surface area contributed by atoms with Crippen LogP contribution < -0.4 is 0 Å². The van der Waals surface area contributed by atoms with Gasteiger partial charge in [0.05, 0.1) is 4.87 Å². The van der Waals surface area contributed by atoms with Crippen molar-refractivity contribution in [2.45, 2.75) is 32.1 Å². The maximum absolute atomic E-state index is 6.16. The lowest BCUT2D eigenvalue weighted by Crippen LogP contribution is -2.17. The molecule has 1 aliphatic carbocycles. The number of allylic oxidation sites excluding steroid dienone is 4. The molecule has 0 aliphatic heterocycles. The van der Waals surface area contributed by atoms with Gasteiger partial charge in [-0.25, -0.2) is 0 Å². The summed E-state index contributed by atoms with van der Waals surface area (Å²) in [6.45, 7) is 6.02. The molecule has 0 aromatic heterocycles. The molecule has 1 unspecified atom stereocenters. The Morgan fingerprint density at radius 3 is 2.45 bits per heavy atom. The van der Waals surface area contributed by atoms with Crippen LogP contribution in [0.4, 0.5) is 0 Å². The normalized spacial score (nSPS) is 32.3. The van der Waals surface area contributed by atoms with E-state index in [0.29, 0.717) is 0 Å².